The second-order valence-electron chi connectivity index (χ2n) is 9.30. The predicted octanol–water partition coefficient (Wildman–Crippen LogP) is 5.37. The van der Waals surface area contributed by atoms with Gasteiger partial charge in [-0.25, -0.2) is 0 Å². The first-order valence-corrected chi connectivity index (χ1v) is 12.7. The summed E-state index contributed by atoms with van der Waals surface area (Å²) in [5.41, 5.74) is 3.63. The number of nitrogens with zero attached hydrogens (tertiary/aromatic N) is 1. The molecule has 3 aromatic rings. The zero-order valence-electron chi connectivity index (χ0n) is 18.9. The second kappa shape index (κ2) is 8.34. The van der Waals surface area contributed by atoms with Gasteiger partial charge < -0.3 is 4.74 Å². The molecule has 0 unspecified atom stereocenters. The Labute approximate surface area is 222 Å². The lowest BCUT2D eigenvalue weighted by Crippen LogP contribution is -2.57. The first-order chi connectivity index (χ1) is 17.3. The zero-order valence-corrected chi connectivity index (χ0v) is 21.2. The number of carbonyl (C=O) groups is 3. The van der Waals surface area contributed by atoms with E-state index in [0.29, 0.717) is 10.6 Å². The number of likely N-dealkylation sites (tertiary alicyclic amines) is 1. The van der Waals surface area contributed by atoms with Crippen LogP contribution in [0.25, 0.3) is 0 Å². The average molecular weight is 541 g/mol. The predicted molar refractivity (Wildman–Crippen MR) is 136 cm³/mol. The maximum atomic E-state index is 13.7. The molecule has 8 heteroatoms. The van der Waals surface area contributed by atoms with Crippen molar-refractivity contribution in [3.05, 3.63) is 106 Å². The van der Waals surface area contributed by atoms with Crippen molar-refractivity contribution in [2.24, 2.45) is 11.8 Å². The van der Waals surface area contributed by atoms with E-state index in [2.05, 4.69) is 0 Å². The van der Waals surface area contributed by atoms with Crippen molar-refractivity contribution >= 4 is 52.6 Å². The van der Waals surface area contributed by atoms with Crippen molar-refractivity contribution < 1.29 is 19.1 Å². The Morgan fingerprint density at radius 3 is 1.69 bits per heavy atom. The first-order valence-electron chi connectivity index (χ1n) is 11.6. The van der Waals surface area contributed by atoms with Crippen LogP contribution < -0.4 is 0 Å². The molecule has 2 amide bonds. The highest BCUT2D eigenvalue weighted by Gasteiger charge is 2.72. The molecule has 7 rings (SSSR count). The molecule has 2 bridgehead atoms. The molecule has 3 aromatic carbocycles. The molecule has 1 heterocycles. The van der Waals surface area contributed by atoms with Crippen LogP contribution in [0.3, 0.4) is 0 Å². The lowest BCUT2D eigenvalue weighted by molar-refractivity contribution is -0.146. The van der Waals surface area contributed by atoms with E-state index in [1.54, 1.807) is 24.3 Å². The van der Waals surface area contributed by atoms with E-state index >= 15 is 0 Å². The summed E-state index contributed by atoms with van der Waals surface area (Å²) in [4.78, 5) is 38.6. The third-order valence-corrected chi connectivity index (χ3v) is 9.22. The summed E-state index contributed by atoms with van der Waals surface area (Å²) in [6.45, 7) is -0.107. The summed E-state index contributed by atoms with van der Waals surface area (Å²) >= 11 is 20.9. The van der Waals surface area contributed by atoms with Gasteiger partial charge in [0.05, 0.1) is 18.3 Å². The van der Waals surface area contributed by atoms with Gasteiger partial charge in [0.1, 0.15) is 16.4 Å². The molecular formula is C28H20Cl3NO4. The molecule has 5 nitrogen and oxygen atoms in total. The van der Waals surface area contributed by atoms with Gasteiger partial charge in [0.25, 0.3) is 0 Å². The molecule has 3 aliphatic carbocycles. The van der Waals surface area contributed by atoms with Gasteiger partial charge in [-0.3, -0.25) is 19.3 Å². The zero-order chi connectivity index (χ0) is 25.2. The minimum absolute atomic E-state index is 0.00580. The molecule has 2 atom stereocenters. The number of ether oxygens (including phenoxy) is 1. The molecule has 0 saturated carbocycles. The second-order valence-corrected chi connectivity index (χ2v) is 10.9. The van der Waals surface area contributed by atoms with E-state index in [0.717, 1.165) is 27.2 Å². The van der Waals surface area contributed by atoms with Gasteiger partial charge in [-0.1, -0.05) is 78.3 Å². The largest absolute Gasteiger partial charge is 0.461 e. The van der Waals surface area contributed by atoms with Gasteiger partial charge in [0.2, 0.25) is 11.8 Å². The number of rotatable bonds is 5. The van der Waals surface area contributed by atoms with Gasteiger partial charge in [-0.05, 0) is 28.3 Å². The minimum atomic E-state index is -1.24. The molecule has 0 spiro atoms. The quantitative estimate of drug-likeness (QED) is 0.248. The van der Waals surface area contributed by atoms with Crippen LogP contribution in [-0.2, 0) is 35.5 Å². The van der Waals surface area contributed by atoms with E-state index in [-0.39, 0.29) is 19.6 Å². The fourth-order valence-electron chi connectivity index (χ4n) is 5.99. The molecule has 4 aliphatic rings. The highest BCUT2D eigenvalue weighted by molar-refractivity contribution is 6.36. The molecule has 1 aliphatic heterocycles. The van der Waals surface area contributed by atoms with Crippen molar-refractivity contribution in [1.82, 2.24) is 4.90 Å². The van der Waals surface area contributed by atoms with E-state index < -0.39 is 39.4 Å². The monoisotopic (exact) mass is 539 g/mol. The van der Waals surface area contributed by atoms with Crippen LogP contribution in [0.15, 0.2) is 72.8 Å². The Balaban J connectivity index is 1.29. The van der Waals surface area contributed by atoms with Crippen molar-refractivity contribution in [3.8, 4) is 0 Å². The number of benzene rings is 3. The lowest BCUT2D eigenvalue weighted by Gasteiger charge is -2.54. The molecule has 0 aromatic heterocycles. The van der Waals surface area contributed by atoms with Gasteiger partial charge in [-0.2, -0.15) is 0 Å². The van der Waals surface area contributed by atoms with E-state index in [1.165, 1.54) is 0 Å². The fraction of sp³-hybridized carbons (Fsp3) is 0.250. The molecule has 182 valence electrons. The van der Waals surface area contributed by atoms with Crippen LogP contribution in [0.5, 0.6) is 0 Å². The molecular weight excluding hydrogens is 521 g/mol. The third-order valence-electron chi connectivity index (χ3n) is 7.56. The minimum Gasteiger partial charge on any atom is -0.461 e. The summed E-state index contributed by atoms with van der Waals surface area (Å²) in [5.74, 6) is -3.15. The number of alkyl halides is 2. The summed E-state index contributed by atoms with van der Waals surface area (Å²) in [6.07, 6.45) is -0.147. The van der Waals surface area contributed by atoms with E-state index in [1.807, 2.05) is 48.5 Å². The Bertz CT molecular complexity index is 1320. The normalized spacial score (nSPS) is 27.5. The van der Waals surface area contributed by atoms with Crippen molar-refractivity contribution in [1.29, 1.82) is 0 Å². The summed E-state index contributed by atoms with van der Waals surface area (Å²) < 4.78 is 5.33. The topological polar surface area (TPSA) is 63.7 Å². The number of hydrogen-bond donors (Lipinski definition) is 0. The Hall–Kier alpha value is -2.86. The highest BCUT2D eigenvalue weighted by Crippen LogP contribution is 2.69. The maximum absolute atomic E-state index is 13.7. The number of imide groups is 1. The fourth-order valence-corrected chi connectivity index (χ4v) is 7.28. The molecule has 1 fully saturated rings. The summed E-state index contributed by atoms with van der Waals surface area (Å²) in [5, 5.41) is 0.494. The standard InChI is InChI=1S/C28H20Cl3NO4/c29-21-12-6-1-7-16(21)15-36-22(33)13-14-32-25(34)23-24(26(32)35)28(31)18-9-3-2-8-17(18)27(23,30)19-10-4-5-11-20(19)28/h1-12,23-24H,13-15H2/t23-,24+,27?,28?. The van der Waals surface area contributed by atoms with Crippen LogP contribution in [-0.4, -0.2) is 29.2 Å². The van der Waals surface area contributed by atoms with Crippen LogP contribution in [0.4, 0.5) is 0 Å². The summed E-state index contributed by atoms with van der Waals surface area (Å²) in [7, 11) is 0. The Morgan fingerprint density at radius 2 is 1.22 bits per heavy atom. The number of carbonyl (C=O) groups excluding carboxylic acids is 3. The number of halogens is 3. The highest BCUT2D eigenvalue weighted by atomic mass is 35.5. The summed E-state index contributed by atoms with van der Waals surface area (Å²) in [6, 6.07) is 22.0. The molecule has 1 saturated heterocycles. The first kappa shape index (κ1) is 23.5. The van der Waals surface area contributed by atoms with E-state index in [9.17, 15) is 14.4 Å². The number of esters is 1. The van der Waals surface area contributed by atoms with Crippen molar-refractivity contribution in [2.45, 2.75) is 22.8 Å². The van der Waals surface area contributed by atoms with Crippen LogP contribution >= 0.6 is 34.8 Å². The van der Waals surface area contributed by atoms with Crippen LogP contribution in [0, 0.1) is 11.8 Å². The maximum Gasteiger partial charge on any atom is 0.307 e. The Kier molecular flexibility index (Phi) is 5.45. The van der Waals surface area contributed by atoms with E-state index in [4.69, 9.17) is 39.5 Å². The van der Waals surface area contributed by atoms with Crippen molar-refractivity contribution in [3.63, 3.8) is 0 Å². The van der Waals surface area contributed by atoms with Gasteiger partial charge in [0.15, 0.2) is 0 Å². The SMILES string of the molecule is O=C(CCN1C(=O)[C@@H]2[C@H](C1=O)C1(Cl)c3ccccc3C2(Cl)c2ccccc21)OCc1ccccc1Cl. The molecule has 0 radical (unpaired) electrons. The number of amides is 2. The average Bonchev–Trinajstić information content (AvgIpc) is 3.16. The van der Waals surface area contributed by atoms with Gasteiger partial charge >= 0.3 is 5.97 Å². The third kappa shape index (κ3) is 3.06. The lowest BCUT2D eigenvalue weighted by atomic mass is 9.54. The molecule has 0 N–H and O–H groups in total. The van der Waals surface area contributed by atoms with Gasteiger partial charge in [-0.15, -0.1) is 23.2 Å². The Morgan fingerprint density at radius 1 is 0.778 bits per heavy atom. The molecule has 36 heavy (non-hydrogen) atoms. The van der Waals surface area contributed by atoms with Crippen LogP contribution in [0.1, 0.15) is 34.2 Å². The van der Waals surface area contributed by atoms with Crippen molar-refractivity contribution in [2.75, 3.05) is 6.54 Å². The number of hydrogen-bond acceptors (Lipinski definition) is 4. The smallest absolute Gasteiger partial charge is 0.307 e. The van der Waals surface area contributed by atoms with Crippen LogP contribution in [0.2, 0.25) is 5.02 Å². The van der Waals surface area contributed by atoms with Gasteiger partial charge in [0, 0.05) is 17.1 Å².